The molecule has 0 aliphatic carbocycles. The summed E-state index contributed by atoms with van der Waals surface area (Å²) in [6.07, 6.45) is 1.41. The predicted molar refractivity (Wildman–Crippen MR) is 106 cm³/mol. The summed E-state index contributed by atoms with van der Waals surface area (Å²) in [5, 5.41) is 13.1. The third kappa shape index (κ3) is 4.26. The molecule has 1 aliphatic rings. The van der Waals surface area contributed by atoms with Crippen LogP contribution in [0.2, 0.25) is 0 Å². The number of hydrogen-bond donors (Lipinski definition) is 1. The molecule has 2 aromatic carbocycles. The van der Waals surface area contributed by atoms with Gasteiger partial charge in [0.1, 0.15) is 6.54 Å². The number of para-hydroxylation sites is 1. The second-order valence-electron chi connectivity index (χ2n) is 5.99. The molecule has 0 spiro atoms. The van der Waals surface area contributed by atoms with E-state index in [4.69, 9.17) is 0 Å². The van der Waals surface area contributed by atoms with Crippen molar-refractivity contribution >= 4 is 46.3 Å². The monoisotopic (exact) mass is 397 g/mol. The number of nitrogens with one attached hydrogen (secondary N) is 1. The maximum Gasteiger partial charge on any atom is 0.294 e. The van der Waals surface area contributed by atoms with Crippen molar-refractivity contribution in [3.63, 3.8) is 0 Å². The number of thioether (sulfide) groups is 1. The molecule has 8 nitrogen and oxygen atoms in total. The number of amides is 3. The van der Waals surface area contributed by atoms with Crippen LogP contribution in [-0.4, -0.2) is 33.4 Å². The van der Waals surface area contributed by atoms with E-state index < -0.39 is 28.5 Å². The lowest BCUT2D eigenvalue weighted by molar-refractivity contribution is -0.385. The second kappa shape index (κ2) is 8.05. The normalized spacial score (nSPS) is 15.2. The Balaban J connectivity index is 1.74. The molecule has 0 saturated carbocycles. The van der Waals surface area contributed by atoms with Crippen LogP contribution in [0, 0.1) is 17.0 Å². The van der Waals surface area contributed by atoms with Crippen molar-refractivity contribution in [1.29, 1.82) is 0 Å². The van der Waals surface area contributed by atoms with Crippen LogP contribution in [-0.2, 0) is 9.59 Å². The van der Waals surface area contributed by atoms with Crippen LogP contribution in [0.4, 0.5) is 16.2 Å². The molecule has 3 rings (SSSR count). The first-order valence-corrected chi connectivity index (χ1v) is 9.02. The molecule has 1 heterocycles. The summed E-state index contributed by atoms with van der Waals surface area (Å²) < 4.78 is 0. The Bertz CT molecular complexity index is 1000. The van der Waals surface area contributed by atoms with Crippen LogP contribution < -0.4 is 5.32 Å². The zero-order chi connectivity index (χ0) is 20.3. The average Bonchev–Trinajstić information content (AvgIpc) is 2.91. The Morgan fingerprint density at radius 3 is 2.61 bits per heavy atom. The molecule has 2 aromatic rings. The maximum absolute atomic E-state index is 12.5. The first-order valence-electron chi connectivity index (χ1n) is 8.20. The number of nitrogens with zero attached hydrogens (tertiary/aromatic N) is 2. The zero-order valence-electron chi connectivity index (χ0n) is 14.7. The zero-order valence-corrected chi connectivity index (χ0v) is 15.6. The molecule has 142 valence electrons. The summed E-state index contributed by atoms with van der Waals surface area (Å²) in [5.41, 5.74) is 1.40. The van der Waals surface area contributed by atoms with Gasteiger partial charge in [0.05, 0.1) is 9.83 Å². The van der Waals surface area contributed by atoms with E-state index in [1.54, 1.807) is 49.4 Å². The first kappa shape index (κ1) is 19.3. The molecule has 0 bridgehead atoms. The number of carbonyl (C=O) groups is 3. The van der Waals surface area contributed by atoms with E-state index in [9.17, 15) is 24.5 Å². The smallest absolute Gasteiger partial charge is 0.294 e. The van der Waals surface area contributed by atoms with Gasteiger partial charge in [0.15, 0.2) is 0 Å². The molecule has 3 amide bonds. The van der Waals surface area contributed by atoms with Gasteiger partial charge in [-0.15, -0.1) is 0 Å². The highest BCUT2D eigenvalue weighted by molar-refractivity contribution is 8.18. The third-order valence-corrected chi connectivity index (χ3v) is 4.87. The maximum atomic E-state index is 12.5. The molecule has 9 heteroatoms. The number of rotatable bonds is 5. The highest BCUT2D eigenvalue weighted by Gasteiger charge is 2.36. The molecule has 1 saturated heterocycles. The van der Waals surface area contributed by atoms with E-state index in [0.717, 1.165) is 4.90 Å². The Morgan fingerprint density at radius 2 is 1.93 bits per heavy atom. The summed E-state index contributed by atoms with van der Waals surface area (Å²) in [6.45, 7) is 1.20. The molecule has 0 unspecified atom stereocenters. The van der Waals surface area contributed by atoms with Crippen molar-refractivity contribution in [1.82, 2.24) is 4.90 Å². The highest BCUT2D eigenvalue weighted by Crippen LogP contribution is 2.33. The van der Waals surface area contributed by atoms with E-state index >= 15 is 0 Å². The van der Waals surface area contributed by atoms with E-state index in [2.05, 4.69) is 5.32 Å². The fraction of sp³-hybridized carbons (Fsp3) is 0.105. The van der Waals surface area contributed by atoms with Crippen molar-refractivity contribution in [2.75, 3.05) is 11.9 Å². The molecule has 0 aromatic heterocycles. The van der Waals surface area contributed by atoms with Gasteiger partial charge in [-0.25, -0.2) is 0 Å². The van der Waals surface area contributed by atoms with Crippen LogP contribution >= 0.6 is 11.8 Å². The van der Waals surface area contributed by atoms with Gasteiger partial charge in [-0.1, -0.05) is 30.3 Å². The van der Waals surface area contributed by atoms with Gasteiger partial charge in [-0.05, 0) is 42.5 Å². The first-order chi connectivity index (χ1) is 13.3. The van der Waals surface area contributed by atoms with Crippen molar-refractivity contribution in [3.8, 4) is 0 Å². The minimum Gasteiger partial charge on any atom is -0.325 e. The number of aryl methyl sites for hydroxylation is 1. The van der Waals surface area contributed by atoms with Crippen molar-refractivity contribution < 1.29 is 19.3 Å². The Morgan fingerprint density at radius 1 is 1.21 bits per heavy atom. The summed E-state index contributed by atoms with van der Waals surface area (Å²) in [5.74, 6) is -1.11. The Kier molecular flexibility index (Phi) is 5.55. The van der Waals surface area contributed by atoms with Gasteiger partial charge in [-0.2, -0.15) is 0 Å². The summed E-state index contributed by atoms with van der Waals surface area (Å²) in [4.78, 5) is 48.3. The molecular weight excluding hydrogens is 382 g/mol. The fourth-order valence-corrected chi connectivity index (χ4v) is 3.40. The average molecular weight is 397 g/mol. The van der Waals surface area contributed by atoms with Crippen molar-refractivity contribution in [3.05, 3.63) is 74.7 Å². The van der Waals surface area contributed by atoms with Gasteiger partial charge in [-0.3, -0.25) is 29.4 Å². The van der Waals surface area contributed by atoms with Gasteiger partial charge < -0.3 is 5.32 Å². The van der Waals surface area contributed by atoms with E-state index in [1.807, 2.05) is 0 Å². The van der Waals surface area contributed by atoms with E-state index in [1.165, 1.54) is 12.1 Å². The summed E-state index contributed by atoms with van der Waals surface area (Å²) in [6, 6.07) is 13.2. The molecule has 0 radical (unpaired) electrons. The third-order valence-electron chi connectivity index (χ3n) is 3.96. The number of imide groups is 1. The molecular formula is C19H15N3O5S. The number of nitro benzene ring substituents is 1. The van der Waals surface area contributed by atoms with Gasteiger partial charge in [0.25, 0.3) is 16.8 Å². The molecule has 28 heavy (non-hydrogen) atoms. The lowest BCUT2D eigenvalue weighted by Crippen LogP contribution is -2.36. The van der Waals surface area contributed by atoms with Gasteiger partial charge in [0.2, 0.25) is 5.91 Å². The minimum atomic E-state index is -0.610. The highest BCUT2D eigenvalue weighted by atomic mass is 32.2. The number of carbonyl (C=O) groups excluding carboxylic acids is 3. The Labute approximate surface area is 164 Å². The number of anilines is 1. The van der Waals surface area contributed by atoms with Gasteiger partial charge >= 0.3 is 0 Å². The quantitative estimate of drug-likeness (QED) is 0.469. The van der Waals surface area contributed by atoms with Crippen LogP contribution in [0.5, 0.6) is 0 Å². The molecule has 1 fully saturated rings. The largest absolute Gasteiger partial charge is 0.325 e. The fourth-order valence-electron chi connectivity index (χ4n) is 2.57. The molecule has 1 N–H and O–H groups in total. The minimum absolute atomic E-state index is 0.0739. The Hall–Kier alpha value is -3.46. The second-order valence-corrected chi connectivity index (χ2v) is 6.98. The van der Waals surface area contributed by atoms with Crippen LogP contribution in [0.25, 0.3) is 6.08 Å². The van der Waals surface area contributed by atoms with E-state index in [-0.39, 0.29) is 10.6 Å². The number of benzene rings is 2. The van der Waals surface area contributed by atoms with Gasteiger partial charge in [0, 0.05) is 17.3 Å². The van der Waals surface area contributed by atoms with Crippen molar-refractivity contribution in [2.45, 2.75) is 6.92 Å². The lowest BCUT2D eigenvalue weighted by atomic mass is 10.1. The predicted octanol–water partition coefficient (Wildman–Crippen LogP) is 3.58. The number of hydrogen-bond acceptors (Lipinski definition) is 6. The summed E-state index contributed by atoms with van der Waals surface area (Å²) >= 11 is 0.692. The molecule has 1 aliphatic heterocycles. The lowest BCUT2D eigenvalue weighted by Gasteiger charge is -2.12. The van der Waals surface area contributed by atoms with Crippen molar-refractivity contribution in [2.24, 2.45) is 0 Å². The SMILES string of the molecule is Cc1ccc(/C=C2\SC(=O)N(CC(=O)Nc3ccccc3)C2=O)cc1[N+](=O)[O-]. The standard InChI is InChI=1S/C19H15N3O5S/c1-12-7-8-13(9-15(12)22(26)27)10-16-18(24)21(19(25)28-16)11-17(23)20-14-5-3-2-4-6-14/h2-10H,11H2,1H3,(H,20,23)/b16-10-. The van der Waals surface area contributed by atoms with Crippen LogP contribution in [0.3, 0.4) is 0 Å². The molecule has 0 atom stereocenters. The number of nitro groups is 1. The van der Waals surface area contributed by atoms with Crippen LogP contribution in [0.1, 0.15) is 11.1 Å². The summed E-state index contributed by atoms with van der Waals surface area (Å²) in [7, 11) is 0. The van der Waals surface area contributed by atoms with Crippen LogP contribution in [0.15, 0.2) is 53.4 Å². The van der Waals surface area contributed by atoms with E-state index in [0.29, 0.717) is 28.6 Å². The topological polar surface area (TPSA) is 110 Å².